The van der Waals surface area contributed by atoms with E-state index >= 15 is 4.39 Å². The van der Waals surface area contributed by atoms with Crippen molar-refractivity contribution in [2.75, 3.05) is 13.2 Å². The smallest absolute Gasteiger partial charge is 0.303 e. The molecule has 4 aromatic rings. The van der Waals surface area contributed by atoms with Gasteiger partial charge in [0.2, 0.25) is 6.29 Å². The molecule has 2 saturated heterocycles. The van der Waals surface area contributed by atoms with Gasteiger partial charge in [-0.15, -0.1) is 0 Å². The fourth-order valence-corrected chi connectivity index (χ4v) is 7.31. The fourth-order valence-electron chi connectivity index (χ4n) is 7.31. The number of alkyl halides is 1. The highest BCUT2D eigenvalue weighted by atomic mass is 19.1. The third-order valence-corrected chi connectivity index (χ3v) is 10.1. The first kappa shape index (κ1) is 45.5. The normalized spacial score (nSPS) is 27.5. The lowest BCUT2D eigenvalue weighted by molar-refractivity contribution is -0.424. The van der Waals surface area contributed by atoms with E-state index in [1.54, 1.807) is 6.92 Å². The number of carbonyl (C=O) groups is 3. The Labute approximate surface area is 355 Å². The first-order valence-corrected chi connectivity index (χ1v) is 20.2. The zero-order chi connectivity index (χ0) is 43.2. The van der Waals surface area contributed by atoms with E-state index in [9.17, 15) is 14.4 Å². The molecule has 6 rings (SSSR count). The highest BCUT2D eigenvalue weighted by molar-refractivity contribution is 5.67. The van der Waals surface area contributed by atoms with Crippen molar-refractivity contribution in [2.24, 2.45) is 0 Å². The van der Waals surface area contributed by atoms with Gasteiger partial charge in [-0.2, -0.15) is 0 Å². The van der Waals surface area contributed by atoms with Gasteiger partial charge in [0.15, 0.2) is 24.2 Å². The molecule has 2 fully saturated rings. The average Bonchev–Trinajstić information content (AvgIpc) is 3.25. The zero-order valence-corrected chi connectivity index (χ0v) is 34.7. The molecule has 13 nitrogen and oxygen atoms in total. The first-order valence-electron chi connectivity index (χ1n) is 20.2. The minimum Gasteiger partial charge on any atom is -0.463 e. The van der Waals surface area contributed by atoms with Crippen LogP contribution in [0.5, 0.6) is 0 Å². The van der Waals surface area contributed by atoms with E-state index in [2.05, 4.69) is 0 Å². The molecular weight excluding hydrogens is 792 g/mol. The summed E-state index contributed by atoms with van der Waals surface area (Å²) in [5.74, 6) is -4.26. The minimum atomic E-state index is -2.19. The number of esters is 3. The maximum absolute atomic E-state index is 16.7. The van der Waals surface area contributed by atoms with Crippen LogP contribution in [0.1, 0.15) is 49.9 Å². The molecule has 0 aliphatic carbocycles. The van der Waals surface area contributed by atoms with Gasteiger partial charge in [-0.1, -0.05) is 121 Å². The monoisotopic (exact) mass is 844 g/mol. The summed E-state index contributed by atoms with van der Waals surface area (Å²) in [6, 6.07) is 38.3. The summed E-state index contributed by atoms with van der Waals surface area (Å²) in [5, 5.41) is 0. The van der Waals surface area contributed by atoms with Gasteiger partial charge in [-0.05, 0) is 29.2 Å². The Morgan fingerprint density at radius 3 is 1.51 bits per heavy atom. The van der Waals surface area contributed by atoms with Crippen LogP contribution in [0.2, 0.25) is 0 Å². The van der Waals surface area contributed by atoms with Crippen LogP contribution in [0.25, 0.3) is 0 Å². The van der Waals surface area contributed by atoms with Crippen molar-refractivity contribution in [3.63, 3.8) is 0 Å². The van der Waals surface area contributed by atoms with Gasteiger partial charge < -0.3 is 47.4 Å². The molecule has 61 heavy (non-hydrogen) atoms. The zero-order valence-electron chi connectivity index (χ0n) is 34.7. The fraction of sp³-hybridized carbons (Fsp3) is 0.426. The van der Waals surface area contributed by atoms with Crippen LogP contribution in [-0.4, -0.2) is 92.1 Å². The number of ether oxygens (including phenoxy) is 10. The minimum absolute atomic E-state index is 0.0157. The summed E-state index contributed by atoms with van der Waals surface area (Å²) in [4.78, 5) is 36.6. The third-order valence-electron chi connectivity index (χ3n) is 10.1. The van der Waals surface area contributed by atoms with Crippen LogP contribution in [0.3, 0.4) is 0 Å². The Kier molecular flexibility index (Phi) is 16.5. The van der Waals surface area contributed by atoms with Crippen molar-refractivity contribution in [3.8, 4) is 0 Å². The number of hydrogen-bond acceptors (Lipinski definition) is 13. The van der Waals surface area contributed by atoms with E-state index in [-0.39, 0.29) is 33.0 Å². The van der Waals surface area contributed by atoms with Crippen molar-refractivity contribution < 1.29 is 66.1 Å². The Morgan fingerprint density at radius 2 is 1.02 bits per heavy atom. The molecular formula is C47H53FO13. The van der Waals surface area contributed by atoms with Crippen LogP contribution >= 0.6 is 0 Å². The molecule has 2 aliphatic rings. The van der Waals surface area contributed by atoms with E-state index < -0.39 is 85.5 Å². The van der Waals surface area contributed by atoms with Crippen molar-refractivity contribution in [1.82, 2.24) is 0 Å². The van der Waals surface area contributed by atoms with Crippen molar-refractivity contribution in [2.45, 2.75) is 115 Å². The van der Waals surface area contributed by atoms with Gasteiger partial charge in [0.25, 0.3) is 0 Å². The molecule has 2 heterocycles. The van der Waals surface area contributed by atoms with Crippen LogP contribution in [0.4, 0.5) is 4.39 Å². The SMILES string of the molecule is CC(=O)OC[C@H]1O[C@@H](O[C@@]2(C)O[C@H](COCc3ccccc3)[C@@H](OCc3ccccc3)[C@H](OCc3ccccc3)[C@H]2OCc2ccccc2)[C@H](OC(C)=O)[C@@H](F)[C@@H]1OC(C)=O. The summed E-state index contributed by atoms with van der Waals surface area (Å²) in [6.07, 6.45) is -12.5. The molecule has 0 radical (unpaired) electrons. The number of hydrogen-bond donors (Lipinski definition) is 0. The summed E-state index contributed by atoms with van der Waals surface area (Å²) in [5.41, 5.74) is 3.51. The van der Waals surface area contributed by atoms with Gasteiger partial charge in [0.1, 0.15) is 37.1 Å². The van der Waals surface area contributed by atoms with Crippen molar-refractivity contribution in [3.05, 3.63) is 144 Å². The predicted octanol–water partition coefficient (Wildman–Crippen LogP) is 6.58. The summed E-state index contributed by atoms with van der Waals surface area (Å²) < 4.78 is 79.3. The highest BCUT2D eigenvalue weighted by Crippen LogP contribution is 2.41. The van der Waals surface area contributed by atoms with Gasteiger partial charge >= 0.3 is 17.9 Å². The highest BCUT2D eigenvalue weighted by Gasteiger charge is 2.60. The molecule has 10 atom stereocenters. The molecule has 0 spiro atoms. The molecule has 14 heteroatoms. The Hall–Kier alpha value is -5.06. The lowest BCUT2D eigenvalue weighted by Crippen LogP contribution is -2.69. The lowest BCUT2D eigenvalue weighted by atomic mass is 9.91. The second kappa shape index (κ2) is 22.2. The third kappa shape index (κ3) is 13.0. The van der Waals surface area contributed by atoms with Gasteiger partial charge in [0, 0.05) is 20.8 Å². The van der Waals surface area contributed by atoms with Gasteiger partial charge in [-0.3, -0.25) is 14.4 Å². The molecule has 4 aromatic carbocycles. The van der Waals surface area contributed by atoms with Crippen molar-refractivity contribution in [1.29, 1.82) is 0 Å². The molecule has 0 unspecified atom stereocenters. The summed E-state index contributed by atoms with van der Waals surface area (Å²) in [7, 11) is 0. The van der Waals surface area contributed by atoms with E-state index in [1.165, 1.54) is 6.92 Å². The van der Waals surface area contributed by atoms with E-state index in [4.69, 9.17) is 47.4 Å². The van der Waals surface area contributed by atoms with E-state index in [0.29, 0.717) is 0 Å². The first-order chi connectivity index (χ1) is 29.5. The van der Waals surface area contributed by atoms with Gasteiger partial charge in [0.05, 0.1) is 33.0 Å². The molecule has 326 valence electrons. The standard InChI is InChI=1S/C47H53FO13/c1-31(49)53-30-38-41(57-32(2)50)40(48)43(58-33(3)51)46(59-38)61-47(4)45(56-28-37-23-15-8-16-24-37)44(55-27-36-21-13-7-14-22-36)42(54-26-35-19-11-6-12-20-35)39(60-47)29-52-25-34-17-9-5-10-18-34/h5-24,38-46H,25-30H2,1-4H3/t38-,39-,40+,41-,42-,43-,44+,45-,46+,47-/m1/s1. The van der Waals surface area contributed by atoms with Crippen LogP contribution < -0.4 is 0 Å². The van der Waals surface area contributed by atoms with E-state index in [1.807, 2.05) is 121 Å². The number of rotatable bonds is 19. The second-order valence-electron chi connectivity index (χ2n) is 15.0. The lowest BCUT2D eigenvalue weighted by Gasteiger charge is -2.53. The second-order valence-corrected chi connectivity index (χ2v) is 15.0. The molecule has 0 aromatic heterocycles. The number of carbonyl (C=O) groups excluding carboxylic acids is 3. The van der Waals surface area contributed by atoms with Gasteiger partial charge in [-0.25, -0.2) is 4.39 Å². The Balaban J connectivity index is 1.41. The Bertz CT molecular complexity index is 1950. The molecule has 0 bridgehead atoms. The molecule has 0 saturated carbocycles. The maximum Gasteiger partial charge on any atom is 0.303 e. The quantitative estimate of drug-likeness (QED) is 0.0742. The van der Waals surface area contributed by atoms with Crippen LogP contribution in [0.15, 0.2) is 121 Å². The van der Waals surface area contributed by atoms with Crippen molar-refractivity contribution >= 4 is 17.9 Å². The summed E-state index contributed by atoms with van der Waals surface area (Å²) >= 11 is 0. The summed E-state index contributed by atoms with van der Waals surface area (Å²) in [6.45, 7) is 5.05. The largest absolute Gasteiger partial charge is 0.463 e. The molecule has 0 amide bonds. The Morgan fingerprint density at radius 1 is 0.557 bits per heavy atom. The molecule has 0 N–H and O–H groups in total. The maximum atomic E-state index is 16.7. The topological polar surface area (TPSA) is 144 Å². The number of halogens is 1. The van der Waals surface area contributed by atoms with Crippen LogP contribution in [-0.2, 0) is 88.2 Å². The number of benzene rings is 4. The average molecular weight is 845 g/mol. The predicted molar refractivity (Wildman–Crippen MR) is 217 cm³/mol. The van der Waals surface area contributed by atoms with E-state index in [0.717, 1.165) is 36.1 Å². The van der Waals surface area contributed by atoms with Crippen LogP contribution in [0, 0.1) is 0 Å². The molecule has 2 aliphatic heterocycles.